The Balaban J connectivity index is 2.33. The van der Waals surface area contributed by atoms with Crippen LogP contribution < -0.4 is 0 Å². The summed E-state index contributed by atoms with van der Waals surface area (Å²) in [7, 11) is 2.94. The average molecular weight is 130 g/mol. The summed E-state index contributed by atoms with van der Waals surface area (Å²) >= 11 is 0. The topological polar surface area (TPSA) is 0 Å². The first-order valence-electron chi connectivity index (χ1n) is 3.30. The van der Waals surface area contributed by atoms with Gasteiger partial charge >= 0.3 is 0 Å². The van der Waals surface area contributed by atoms with Crippen LogP contribution in [0.25, 0.3) is 0 Å². The van der Waals surface area contributed by atoms with Gasteiger partial charge in [0, 0.05) is 20.5 Å². The van der Waals surface area contributed by atoms with Crippen molar-refractivity contribution in [3.8, 4) is 0 Å². The molecule has 0 N–H and O–H groups in total. The van der Waals surface area contributed by atoms with Gasteiger partial charge in [-0.15, -0.1) is 0 Å². The van der Waals surface area contributed by atoms with Gasteiger partial charge in [-0.05, 0) is 0 Å². The van der Waals surface area contributed by atoms with Gasteiger partial charge in [0.1, 0.15) is 0 Å². The average Bonchev–Trinajstić information content (AvgIpc) is 1.91. The number of hydrogen-bond donors (Lipinski definition) is 0. The Morgan fingerprint density at radius 3 is 1.57 bits per heavy atom. The normalized spacial score (nSPS) is 42.9. The van der Waals surface area contributed by atoms with Gasteiger partial charge < -0.3 is 0 Å². The molecule has 0 aromatic carbocycles. The van der Waals surface area contributed by atoms with E-state index in [0.29, 0.717) is 0 Å². The van der Waals surface area contributed by atoms with E-state index < -0.39 is 0 Å². The van der Waals surface area contributed by atoms with Crippen molar-refractivity contribution in [2.24, 2.45) is 0 Å². The fourth-order valence-electron chi connectivity index (χ4n) is 1.33. The van der Waals surface area contributed by atoms with Crippen LogP contribution in [0.1, 0.15) is 19.3 Å². The summed E-state index contributed by atoms with van der Waals surface area (Å²) in [6, 6.07) is 0. The summed E-state index contributed by atoms with van der Waals surface area (Å²) in [6.45, 7) is 0. The molecule has 0 aromatic rings. The van der Waals surface area contributed by atoms with Gasteiger partial charge in [0.25, 0.3) is 0 Å². The zero-order valence-corrected chi connectivity index (χ0v) is 9.28. The number of rotatable bonds is 0. The minimum Gasteiger partial charge on any atom is -0.0550 e. The molecule has 0 aromatic heterocycles. The minimum atomic E-state index is 1.21. The third-order valence-corrected chi connectivity index (χ3v) is 7.05. The third-order valence-electron chi connectivity index (χ3n) is 2.29. The first kappa shape index (κ1) is 5.57. The Morgan fingerprint density at radius 2 is 1.43 bits per heavy atom. The smallest absolute Gasteiger partial charge is 0.00667 e. The Kier molecular flexibility index (Phi) is 1.70. The van der Waals surface area contributed by atoms with Gasteiger partial charge in [0.05, 0.1) is 0 Å². The molecule has 0 nitrogen and oxygen atoms in total. The highest BCUT2D eigenvalue weighted by molar-refractivity contribution is 6.21. The molecule has 0 saturated heterocycles. The van der Waals surface area contributed by atoms with Crippen molar-refractivity contribution in [3.05, 3.63) is 0 Å². The molecule has 42 valence electrons. The molecular weight excluding hydrogens is 116 g/mol. The largest absolute Gasteiger partial charge is 0.0550 e. The summed E-state index contributed by atoms with van der Waals surface area (Å²) in [4.78, 5) is 0. The second-order valence-electron chi connectivity index (χ2n) is 2.89. The molecule has 0 spiro atoms. The molecule has 0 bridgehead atoms. The second kappa shape index (κ2) is 2.13. The lowest BCUT2D eigenvalue weighted by Crippen LogP contribution is -1.92. The lowest BCUT2D eigenvalue weighted by atomic mass is 10.4. The molecule has 2 heteroatoms. The van der Waals surface area contributed by atoms with E-state index in [9.17, 15) is 0 Å². The molecule has 1 aliphatic rings. The molecule has 1 fully saturated rings. The lowest BCUT2D eigenvalue weighted by molar-refractivity contribution is 0.875. The van der Waals surface area contributed by atoms with E-state index in [0.717, 1.165) is 0 Å². The first-order chi connectivity index (χ1) is 3.30. The van der Waals surface area contributed by atoms with Crippen LogP contribution in [0.4, 0.5) is 0 Å². The highest BCUT2D eigenvalue weighted by Gasteiger charge is 2.17. The maximum atomic E-state index is 1.57. The summed E-state index contributed by atoms with van der Waals surface area (Å²) in [6.07, 6.45) is 4.68. The highest BCUT2D eigenvalue weighted by Crippen LogP contribution is 2.35. The van der Waals surface area contributed by atoms with Gasteiger partial charge in [-0.3, -0.25) is 0 Å². The van der Waals surface area contributed by atoms with Crippen LogP contribution in [0.3, 0.4) is 0 Å². The van der Waals surface area contributed by atoms with Gasteiger partial charge in [-0.25, -0.2) is 0 Å². The fraction of sp³-hybridized carbons (Fsp3) is 1.00. The Morgan fingerprint density at radius 1 is 1.00 bits per heavy atom. The molecular formula is C5H14Si2. The molecule has 2 atom stereocenters. The van der Waals surface area contributed by atoms with E-state index in [-0.39, 0.29) is 0 Å². The molecule has 0 aliphatic heterocycles. The fourth-order valence-corrected chi connectivity index (χ4v) is 2.81. The van der Waals surface area contributed by atoms with E-state index in [4.69, 9.17) is 0 Å². The van der Waals surface area contributed by atoms with Crippen molar-refractivity contribution in [1.29, 1.82) is 0 Å². The molecule has 0 heterocycles. The standard InChI is InChI=1S/C5H14Si2/c6-4-2-1-3-5(4)7/h4-5H,1-3H2,6-7H3. The first-order valence-corrected chi connectivity index (χ1v) is 5.61. The summed E-state index contributed by atoms with van der Waals surface area (Å²) in [5, 5.41) is 0. The Bertz CT molecular complexity index is 55.1. The van der Waals surface area contributed by atoms with Crippen molar-refractivity contribution < 1.29 is 0 Å². The predicted octanol–water partition coefficient (Wildman–Crippen LogP) is -0.522. The van der Waals surface area contributed by atoms with Crippen molar-refractivity contribution in [2.45, 2.75) is 30.3 Å². The van der Waals surface area contributed by atoms with Gasteiger partial charge in [-0.1, -0.05) is 30.3 Å². The maximum absolute atomic E-state index is 1.57. The van der Waals surface area contributed by atoms with E-state index in [2.05, 4.69) is 0 Å². The van der Waals surface area contributed by atoms with Crippen molar-refractivity contribution in [3.63, 3.8) is 0 Å². The maximum Gasteiger partial charge on any atom is 0.00667 e. The minimum absolute atomic E-state index is 1.21. The molecule has 1 aliphatic carbocycles. The zero-order chi connectivity index (χ0) is 5.28. The summed E-state index contributed by atoms with van der Waals surface area (Å²) < 4.78 is 0. The second-order valence-corrected chi connectivity index (χ2v) is 5.85. The van der Waals surface area contributed by atoms with Crippen LogP contribution >= 0.6 is 0 Å². The van der Waals surface area contributed by atoms with E-state index in [1.54, 1.807) is 19.3 Å². The van der Waals surface area contributed by atoms with Crippen LogP contribution in [-0.4, -0.2) is 20.5 Å². The summed E-state index contributed by atoms with van der Waals surface area (Å²) in [5.74, 6) is 0. The molecule has 0 radical (unpaired) electrons. The van der Waals surface area contributed by atoms with Crippen LogP contribution in [0.2, 0.25) is 11.1 Å². The van der Waals surface area contributed by atoms with Gasteiger partial charge in [0.2, 0.25) is 0 Å². The van der Waals surface area contributed by atoms with Crippen LogP contribution in [0.15, 0.2) is 0 Å². The van der Waals surface area contributed by atoms with Gasteiger partial charge in [-0.2, -0.15) is 0 Å². The van der Waals surface area contributed by atoms with Crippen molar-refractivity contribution in [2.75, 3.05) is 0 Å². The van der Waals surface area contributed by atoms with E-state index in [1.807, 2.05) is 0 Å². The number of hydrogen-bond acceptors (Lipinski definition) is 0. The van der Waals surface area contributed by atoms with E-state index >= 15 is 0 Å². The lowest BCUT2D eigenvalue weighted by Gasteiger charge is -2.04. The van der Waals surface area contributed by atoms with Crippen molar-refractivity contribution >= 4 is 20.5 Å². The van der Waals surface area contributed by atoms with Crippen LogP contribution in [-0.2, 0) is 0 Å². The Labute approximate surface area is 51.5 Å². The molecule has 1 rings (SSSR count). The van der Waals surface area contributed by atoms with E-state index in [1.165, 1.54) is 31.6 Å². The van der Waals surface area contributed by atoms with Gasteiger partial charge in [0.15, 0.2) is 0 Å². The Hall–Kier alpha value is 0.434. The molecule has 2 unspecified atom stereocenters. The third kappa shape index (κ3) is 1.16. The quantitative estimate of drug-likeness (QED) is 0.387. The van der Waals surface area contributed by atoms with Crippen molar-refractivity contribution in [1.82, 2.24) is 0 Å². The van der Waals surface area contributed by atoms with Crippen LogP contribution in [0.5, 0.6) is 0 Å². The summed E-state index contributed by atoms with van der Waals surface area (Å²) in [5.41, 5.74) is 2.43. The predicted molar refractivity (Wildman–Crippen MR) is 41.2 cm³/mol. The molecule has 7 heavy (non-hydrogen) atoms. The molecule has 1 saturated carbocycles. The monoisotopic (exact) mass is 130 g/mol. The zero-order valence-electron chi connectivity index (χ0n) is 5.28. The van der Waals surface area contributed by atoms with Crippen LogP contribution in [0, 0.1) is 0 Å². The highest BCUT2D eigenvalue weighted by atomic mass is 28.2. The SMILES string of the molecule is [SiH3]C1CCCC1[SiH3]. The molecule has 0 amide bonds.